The third kappa shape index (κ3) is 4.30. The van der Waals surface area contributed by atoms with Crippen molar-refractivity contribution in [3.63, 3.8) is 0 Å². The molecule has 1 aliphatic heterocycles. The van der Waals surface area contributed by atoms with Gasteiger partial charge in [-0.15, -0.1) is 0 Å². The van der Waals surface area contributed by atoms with Gasteiger partial charge in [0.15, 0.2) is 0 Å². The van der Waals surface area contributed by atoms with Crippen molar-refractivity contribution >= 4 is 5.91 Å². The minimum atomic E-state index is -0.284. The second-order valence-corrected chi connectivity index (χ2v) is 5.56. The predicted octanol–water partition coefficient (Wildman–Crippen LogP) is 2.78. The van der Waals surface area contributed by atoms with Gasteiger partial charge >= 0.3 is 0 Å². The molecule has 2 unspecified atom stereocenters. The molecule has 1 heterocycles. The summed E-state index contributed by atoms with van der Waals surface area (Å²) < 4.78 is 13.6. The van der Waals surface area contributed by atoms with Crippen LogP contribution in [-0.2, 0) is 4.79 Å². The third-order valence-electron chi connectivity index (χ3n) is 3.93. The molecule has 0 saturated carbocycles. The molecule has 1 aliphatic rings. The molecule has 0 aromatic heterocycles. The van der Waals surface area contributed by atoms with Crippen LogP contribution in [0, 0.1) is 11.7 Å². The molecule has 1 saturated heterocycles. The van der Waals surface area contributed by atoms with Crippen molar-refractivity contribution < 1.29 is 9.18 Å². The summed E-state index contributed by atoms with van der Waals surface area (Å²) in [6.07, 6.45) is 3.81. The first-order valence-electron chi connectivity index (χ1n) is 7.41. The summed E-state index contributed by atoms with van der Waals surface area (Å²) in [6.45, 7) is 3.92. The summed E-state index contributed by atoms with van der Waals surface area (Å²) in [5.74, 6) is 0.335. The van der Waals surface area contributed by atoms with Gasteiger partial charge in [-0.3, -0.25) is 4.79 Å². The van der Waals surface area contributed by atoms with Crippen LogP contribution in [0.1, 0.15) is 44.2 Å². The van der Waals surface area contributed by atoms with Gasteiger partial charge in [0.25, 0.3) is 0 Å². The third-order valence-corrected chi connectivity index (χ3v) is 3.93. The lowest BCUT2D eigenvalue weighted by atomic mass is 9.94. The van der Waals surface area contributed by atoms with E-state index in [4.69, 9.17) is 0 Å². The van der Waals surface area contributed by atoms with Gasteiger partial charge in [0.1, 0.15) is 5.82 Å². The van der Waals surface area contributed by atoms with E-state index < -0.39 is 0 Å². The molecule has 2 N–H and O–H groups in total. The number of amides is 1. The molecule has 2 rings (SSSR count). The summed E-state index contributed by atoms with van der Waals surface area (Å²) >= 11 is 0. The second kappa shape index (κ2) is 7.39. The van der Waals surface area contributed by atoms with Gasteiger partial charge in [-0.25, -0.2) is 4.39 Å². The van der Waals surface area contributed by atoms with E-state index >= 15 is 0 Å². The second-order valence-electron chi connectivity index (χ2n) is 5.56. The normalized spacial score (nSPS) is 20.4. The van der Waals surface area contributed by atoms with Gasteiger partial charge in [0, 0.05) is 12.0 Å². The molecule has 4 heteroatoms. The molecule has 0 bridgehead atoms. The van der Waals surface area contributed by atoms with Crippen molar-refractivity contribution in [3.8, 4) is 0 Å². The number of hydrogen-bond donors (Lipinski definition) is 2. The zero-order valence-corrected chi connectivity index (χ0v) is 12.0. The quantitative estimate of drug-likeness (QED) is 0.869. The first-order chi connectivity index (χ1) is 9.66. The van der Waals surface area contributed by atoms with Crippen LogP contribution in [0.2, 0.25) is 0 Å². The number of carbonyl (C=O) groups is 1. The fourth-order valence-electron chi connectivity index (χ4n) is 2.72. The first kappa shape index (κ1) is 15.0. The van der Waals surface area contributed by atoms with Gasteiger partial charge in [0.2, 0.25) is 5.91 Å². The van der Waals surface area contributed by atoms with Crippen molar-refractivity contribution in [1.82, 2.24) is 10.6 Å². The summed E-state index contributed by atoms with van der Waals surface area (Å²) in [4.78, 5) is 11.9. The van der Waals surface area contributed by atoms with Gasteiger partial charge < -0.3 is 10.6 Å². The monoisotopic (exact) mass is 278 g/mol. The number of piperidine rings is 1. The van der Waals surface area contributed by atoms with Crippen LogP contribution in [0.4, 0.5) is 4.39 Å². The highest BCUT2D eigenvalue weighted by Crippen LogP contribution is 2.18. The molecule has 110 valence electrons. The minimum Gasteiger partial charge on any atom is -0.349 e. The van der Waals surface area contributed by atoms with Crippen molar-refractivity contribution in [3.05, 3.63) is 35.6 Å². The zero-order valence-electron chi connectivity index (χ0n) is 12.0. The van der Waals surface area contributed by atoms with Gasteiger partial charge in [0.05, 0.1) is 6.04 Å². The Morgan fingerprint density at radius 1 is 1.50 bits per heavy atom. The fourth-order valence-corrected chi connectivity index (χ4v) is 2.72. The Kier molecular flexibility index (Phi) is 5.53. The average Bonchev–Trinajstić information content (AvgIpc) is 2.46. The number of halogens is 1. The maximum Gasteiger partial charge on any atom is 0.220 e. The van der Waals surface area contributed by atoms with Crippen LogP contribution >= 0.6 is 0 Å². The standard InChI is InChI=1S/C16H23FN2O/c1-12(14-6-2-3-7-15(14)17)19-16(20)9-8-13-5-4-10-18-11-13/h2-3,6-7,12-13,18H,4-5,8-11H2,1H3,(H,19,20). The molecular weight excluding hydrogens is 255 g/mol. The predicted molar refractivity (Wildman–Crippen MR) is 77.8 cm³/mol. The van der Waals surface area contributed by atoms with Crippen LogP contribution in [0.15, 0.2) is 24.3 Å². The summed E-state index contributed by atoms with van der Waals surface area (Å²) in [5.41, 5.74) is 0.542. The first-order valence-corrected chi connectivity index (χ1v) is 7.41. The fraction of sp³-hybridized carbons (Fsp3) is 0.562. The van der Waals surface area contributed by atoms with Crippen LogP contribution in [-0.4, -0.2) is 19.0 Å². The zero-order chi connectivity index (χ0) is 14.4. The van der Waals surface area contributed by atoms with Gasteiger partial charge in [-0.05, 0) is 51.3 Å². The number of nitrogens with one attached hydrogen (secondary N) is 2. The number of rotatable bonds is 5. The molecule has 20 heavy (non-hydrogen) atoms. The summed E-state index contributed by atoms with van der Waals surface area (Å²) in [7, 11) is 0. The molecule has 0 radical (unpaired) electrons. The molecule has 1 fully saturated rings. The molecule has 0 aliphatic carbocycles. The van der Waals surface area contributed by atoms with E-state index in [0.717, 1.165) is 19.5 Å². The molecule has 3 nitrogen and oxygen atoms in total. The maximum atomic E-state index is 13.6. The largest absolute Gasteiger partial charge is 0.349 e. The van der Waals surface area contributed by atoms with Gasteiger partial charge in [-0.1, -0.05) is 18.2 Å². The van der Waals surface area contributed by atoms with Crippen molar-refractivity contribution in [2.75, 3.05) is 13.1 Å². The van der Waals surface area contributed by atoms with Crippen molar-refractivity contribution in [2.24, 2.45) is 5.92 Å². The Hall–Kier alpha value is -1.42. The van der Waals surface area contributed by atoms with E-state index in [2.05, 4.69) is 10.6 Å². The number of carbonyl (C=O) groups excluding carboxylic acids is 1. The molecule has 1 aromatic carbocycles. The lowest BCUT2D eigenvalue weighted by molar-refractivity contribution is -0.122. The molecular formula is C16H23FN2O. The van der Waals surface area contributed by atoms with Crippen LogP contribution in [0.5, 0.6) is 0 Å². The maximum absolute atomic E-state index is 13.6. The van der Waals surface area contributed by atoms with E-state index in [-0.39, 0.29) is 17.8 Å². The SMILES string of the molecule is CC(NC(=O)CCC1CCCNC1)c1ccccc1F. The van der Waals surface area contributed by atoms with Crippen LogP contribution < -0.4 is 10.6 Å². The Labute approximate surface area is 120 Å². The highest BCUT2D eigenvalue weighted by Gasteiger charge is 2.16. The van der Waals surface area contributed by atoms with E-state index in [1.54, 1.807) is 18.2 Å². The highest BCUT2D eigenvalue weighted by molar-refractivity contribution is 5.76. The average molecular weight is 278 g/mol. The van der Waals surface area contributed by atoms with E-state index in [1.165, 1.54) is 18.9 Å². The van der Waals surface area contributed by atoms with Crippen LogP contribution in [0.3, 0.4) is 0 Å². The highest BCUT2D eigenvalue weighted by atomic mass is 19.1. The lowest BCUT2D eigenvalue weighted by Gasteiger charge is -2.22. The molecule has 0 spiro atoms. The number of hydrogen-bond acceptors (Lipinski definition) is 2. The Balaban J connectivity index is 1.77. The Morgan fingerprint density at radius 3 is 3.00 bits per heavy atom. The number of benzene rings is 1. The minimum absolute atomic E-state index is 0.00586. The summed E-state index contributed by atoms with van der Waals surface area (Å²) in [6, 6.07) is 6.29. The van der Waals surface area contributed by atoms with Crippen LogP contribution in [0.25, 0.3) is 0 Å². The molecule has 1 aromatic rings. The Bertz CT molecular complexity index is 444. The molecule has 2 atom stereocenters. The topological polar surface area (TPSA) is 41.1 Å². The van der Waals surface area contributed by atoms with E-state index in [9.17, 15) is 9.18 Å². The smallest absolute Gasteiger partial charge is 0.220 e. The van der Waals surface area contributed by atoms with Gasteiger partial charge in [-0.2, -0.15) is 0 Å². The van der Waals surface area contributed by atoms with E-state index in [0.29, 0.717) is 17.9 Å². The summed E-state index contributed by atoms with van der Waals surface area (Å²) in [5, 5.41) is 6.23. The van der Waals surface area contributed by atoms with Crippen molar-refractivity contribution in [1.29, 1.82) is 0 Å². The van der Waals surface area contributed by atoms with E-state index in [1.807, 2.05) is 6.92 Å². The lowest BCUT2D eigenvalue weighted by Crippen LogP contribution is -2.32. The van der Waals surface area contributed by atoms with Crippen molar-refractivity contribution in [2.45, 2.75) is 38.6 Å². The molecule has 1 amide bonds. The Morgan fingerprint density at radius 2 is 2.30 bits per heavy atom.